The Morgan fingerprint density at radius 3 is 2.90 bits per heavy atom. The van der Waals surface area contributed by atoms with Crippen LogP contribution >= 0.6 is 0 Å². The van der Waals surface area contributed by atoms with E-state index in [1.807, 2.05) is 7.05 Å². The Hall–Kier alpha value is -1.32. The highest BCUT2D eigenvalue weighted by Gasteiger charge is 2.01. The van der Waals surface area contributed by atoms with Gasteiger partial charge in [0, 0.05) is 19.4 Å². The van der Waals surface area contributed by atoms with Gasteiger partial charge in [0.05, 0.1) is 0 Å². The molecular weight excluding hydrogens is 130 g/mol. The first-order chi connectivity index (χ1) is 4.75. The van der Waals surface area contributed by atoms with E-state index in [1.54, 1.807) is 23.9 Å². The Balaban J connectivity index is 3.05. The summed E-state index contributed by atoms with van der Waals surface area (Å²) in [6.45, 7) is 1.70. The van der Waals surface area contributed by atoms with Crippen molar-refractivity contribution in [2.75, 3.05) is 0 Å². The molecule has 1 heterocycles. The van der Waals surface area contributed by atoms with Crippen LogP contribution in [-0.2, 0) is 7.05 Å². The molecule has 0 aromatic carbocycles. The number of nitrogens with zero attached hydrogens (tertiary/aromatic N) is 3. The smallest absolute Gasteiger partial charge is 0.157 e. The van der Waals surface area contributed by atoms with E-state index in [1.165, 1.54) is 0 Å². The van der Waals surface area contributed by atoms with Crippen LogP contribution in [0.25, 0.3) is 0 Å². The van der Waals surface area contributed by atoms with Crippen LogP contribution in [0.5, 0.6) is 0 Å². The Morgan fingerprint density at radius 1 is 1.80 bits per heavy atom. The van der Waals surface area contributed by atoms with Gasteiger partial charge < -0.3 is 9.77 Å². The molecule has 4 heteroatoms. The van der Waals surface area contributed by atoms with Crippen molar-refractivity contribution in [3.8, 4) is 0 Å². The van der Waals surface area contributed by atoms with Crippen LogP contribution in [0.4, 0.5) is 0 Å². The number of aryl methyl sites for hydroxylation is 1. The molecule has 0 radical (unpaired) electrons. The van der Waals surface area contributed by atoms with Gasteiger partial charge in [-0.15, -0.1) is 0 Å². The van der Waals surface area contributed by atoms with Gasteiger partial charge in [-0.05, 0) is 6.92 Å². The number of rotatable bonds is 1. The largest absolute Gasteiger partial charge is 0.411 e. The fraction of sp³-hybridized carbons (Fsp3) is 0.333. The molecule has 0 aliphatic rings. The predicted molar refractivity (Wildman–Crippen MR) is 37.2 cm³/mol. The Labute approximate surface area is 58.8 Å². The predicted octanol–water partition coefficient (Wildman–Crippen LogP) is 0.618. The van der Waals surface area contributed by atoms with Crippen molar-refractivity contribution >= 4 is 5.71 Å². The number of oxime groups is 1. The number of hydrogen-bond donors (Lipinski definition) is 1. The third kappa shape index (κ3) is 1.00. The van der Waals surface area contributed by atoms with E-state index < -0.39 is 0 Å². The average molecular weight is 139 g/mol. The molecule has 0 saturated heterocycles. The molecule has 0 unspecified atom stereocenters. The second kappa shape index (κ2) is 2.51. The molecular formula is C6H9N3O. The maximum absolute atomic E-state index is 8.37. The molecule has 1 N–H and O–H groups in total. The van der Waals surface area contributed by atoms with Gasteiger partial charge in [0.25, 0.3) is 0 Å². The Bertz CT molecular complexity index is 251. The zero-order valence-corrected chi connectivity index (χ0v) is 5.94. The van der Waals surface area contributed by atoms with Crippen LogP contribution in [0.3, 0.4) is 0 Å². The summed E-state index contributed by atoms with van der Waals surface area (Å²) in [5.41, 5.74) is 0.521. The summed E-state index contributed by atoms with van der Waals surface area (Å²) in [7, 11) is 1.84. The SMILES string of the molecule is C/C(=N/O)c1nccn1C. The van der Waals surface area contributed by atoms with Gasteiger partial charge in [-0.1, -0.05) is 5.16 Å². The van der Waals surface area contributed by atoms with E-state index in [0.29, 0.717) is 11.5 Å². The highest BCUT2D eigenvalue weighted by atomic mass is 16.4. The lowest BCUT2D eigenvalue weighted by Crippen LogP contribution is -2.03. The van der Waals surface area contributed by atoms with E-state index >= 15 is 0 Å². The van der Waals surface area contributed by atoms with Crippen LogP contribution in [0.2, 0.25) is 0 Å². The second-order valence-corrected chi connectivity index (χ2v) is 2.05. The number of hydrogen-bond acceptors (Lipinski definition) is 3. The molecule has 0 bridgehead atoms. The molecule has 1 aromatic rings. The van der Waals surface area contributed by atoms with Crippen molar-refractivity contribution in [2.45, 2.75) is 6.92 Å². The first-order valence-electron chi connectivity index (χ1n) is 2.92. The number of aromatic nitrogens is 2. The van der Waals surface area contributed by atoms with Crippen molar-refractivity contribution in [3.05, 3.63) is 18.2 Å². The summed E-state index contributed by atoms with van der Waals surface area (Å²) in [6.07, 6.45) is 3.45. The molecule has 4 nitrogen and oxygen atoms in total. The molecule has 54 valence electrons. The van der Waals surface area contributed by atoms with E-state index in [4.69, 9.17) is 5.21 Å². The van der Waals surface area contributed by atoms with Crippen LogP contribution in [0, 0.1) is 0 Å². The summed E-state index contributed by atoms with van der Waals surface area (Å²) in [6, 6.07) is 0. The lowest BCUT2D eigenvalue weighted by Gasteiger charge is -1.96. The van der Waals surface area contributed by atoms with Crippen LogP contribution in [-0.4, -0.2) is 20.5 Å². The maximum Gasteiger partial charge on any atom is 0.157 e. The Kier molecular flexibility index (Phi) is 1.71. The molecule has 0 spiro atoms. The van der Waals surface area contributed by atoms with Gasteiger partial charge >= 0.3 is 0 Å². The summed E-state index contributed by atoms with van der Waals surface area (Å²) in [5.74, 6) is 0.683. The molecule has 0 amide bonds. The number of imidazole rings is 1. The van der Waals surface area contributed by atoms with Crippen molar-refractivity contribution < 1.29 is 5.21 Å². The summed E-state index contributed by atoms with van der Waals surface area (Å²) < 4.78 is 1.79. The van der Waals surface area contributed by atoms with E-state index in [-0.39, 0.29) is 0 Å². The average Bonchev–Trinajstić information content (AvgIpc) is 2.34. The fourth-order valence-corrected chi connectivity index (χ4v) is 0.759. The monoisotopic (exact) mass is 139 g/mol. The van der Waals surface area contributed by atoms with Gasteiger partial charge in [0.1, 0.15) is 5.71 Å². The minimum Gasteiger partial charge on any atom is -0.411 e. The van der Waals surface area contributed by atoms with E-state index in [9.17, 15) is 0 Å². The quantitative estimate of drug-likeness (QED) is 0.352. The van der Waals surface area contributed by atoms with Gasteiger partial charge in [-0.25, -0.2) is 4.98 Å². The summed E-state index contributed by atoms with van der Waals surface area (Å²) in [4.78, 5) is 3.96. The van der Waals surface area contributed by atoms with Gasteiger partial charge in [0.15, 0.2) is 5.82 Å². The topological polar surface area (TPSA) is 50.4 Å². The molecule has 10 heavy (non-hydrogen) atoms. The van der Waals surface area contributed by atoms with E-state index in [2.05, 4.69) is 10.1 Å². The third-order valence-electron chi connectivity index (χ3n) is 1.29. The minimum absolute atomic E-state index is 0.521. The van der Waals surface area contributed by atoms with Crippen LogP contribution in [0.15, 0.2) is 17.5 Å². The minimum atomic E-state index is 0.521. The molecule has 1 aromatic heterocycles. The van der Waals surface area contributed by atoms with E-state index in [0.717, 1.165) is 0 Å². The van der Waals surface area contributed by atoms with Gasteiger partial charge in [0.2, 0.25) is 0 Å². The highest BCUT2D eigenvalue weighted by molar-refractivity contribution is 5.94. The standard InChI is InChI=1S/C6H9N3O/c1-5(8-10)6-7-3-4-9(6)2/h3-4,10H,1-2H3/b8-5-. The van der Waals surface area contributed by atoms with Crippen LogP contribution in [0.1, 0.15) is 12.7 Å². The van der Waals surface area contributed by atoms with Crippen molar-refractivity contribution in [2.24, 2.45) is 12.2 Å². The maximum atomic E-state index is 8.37. The first kappa shape index (κ1) is 6.80. The van der Waals surface area contributed by atoms with Gasteiger partial charge in [-0.2, -0.15) is 0 Å². The summed E-state index contributed by atoms with van der Waals surface area (Å²) in [5, 5.41) is 11.4. The molecule has 0 aliphatic carbocycles. The normalized spacial score (nSPS) is 12.0. The zero-order chi connectivity index (χ0) is 7.56. The first-order valence-corrected chi connectivity index (χ1v) is 2.92. The zero-order valence-electron chi connectivity index (χ0n) is 5.94. The molecule has 1 rings (SSSR count). The van der Waals surface area contributed by atoms with Gasteiger partial charge in [-0.3, -0.25) is 0 Å². The van der Waals surface area contributed by atoms with Crippen molar-refractivity contribution in [3.63, 3.8) is 0 Å². The Morgan fingerprint density at radius 2 is 2.50 bits per heavy atom. The highest BCUT2D eigenvalue weighted by Crippen LogP contribution is 1.95. The van der Waals surface area contributed by atoms with Crippen molar-refractivity contribution in [1.82, 2.24) is 9.55 Å². The second-order valence-electron chi connectivity index (χ2n) is 2.05. The molecule has 0 aliphatic heterocycles. The lowest BCUT2D eigenvalue weighted by atomic mass is 10.4. The van der Waals surface area contributed by atoms with Crippen molar-refractivity contribution in [1.29, 1.82) is 0 Å². The fourth-order valence-electron chi connectivity index (χ4n) is 0.759. The van der Waals surface area contributed by atoms with Crippen LogP contribution < -0.4 is 0 Å². The molecule has 0 saturated carbocycles. The summed E-state index contributed by atoms with van der Waals surface area (Å²) >= 11 is 0. The molecule has 0 fully saturated rings. The third-order valence-corrected chi connectivity index (χ3v) is 1.29. The lowest BCUT2D eigenvalue weighted by molar-refractivity contribution is 0.318. The molecule has 0 atom stereocenters.